The van der Waals surface area contributed by atoms with Crippen LogP contribution in [0, 0.1) is 6.92 Å². The maximum Gasteiger partial charge on any atom is 0.0489 e. The average molecular weight is 429 g/mol. The Balaban J connectivity index is 1.71. The van der Waals surface area contributed by atoms with Gasteiger partial charge in [0.05, 0.1) is 0 Å². The van der Waals surface area contributed by atoms with Crippen LogP contribution in [-0.2, 0) is 5.41 Å². The van der Waals surface area contributed by atoms with Gasteiger partial charge in [-0.15, -0.1) is 0 Å². The van der Waals surface area contributed by atoms with Gasteiger partial charge in [-0.1, -0.05) is 103 Å². The molecule has 0 amide bonds. The summed E-state index contributed by atoms with van der Waals surface area (Å²) < 4.78 is 0. The van der Waals surface area contributed by atoms with Crippen LogP contribution in [0.4, 0.5) is 11.4 Å². The molecule has 4 aromatic rings. The maximum absolute atomic E-state index is 6.07. The Morgan fingerprint density at radius 1 is 0.727 bits per heavy atom. The van der Waals surface area contributed by atoms with Gasteiger partial charge in [-0.05, 0) is 54.0 Å². The molecule has 0 fully saturated rings. The highest BCUT2D eigenvalue weighted by atomic mass is 14.9. The predicted octanol–water partition coefficient (Wildman–Crippen LogP) is 7.21. The molecule has 1 aliphatic carbocycles. The van der Waals surface area contributed by atoms with Gasteiger partial charge in [0.15, 0.2) is 0 Å². The van der Waals surface area contributed by atoms with E-state index in [4.69, 9.17) is 5.73 Å². The number of hydrogen-bond acceptors (Lipinski definition) is 2. The highest BCUT2D eigenvalue weighted by Gasteiger charge is 2.41. The number of anilines is 2. The zero-order valence-electron chi connectivity index (χ0n) is 18.8. The van der Waals surface area contributed by atoms with Crippen molar-refractivity contribution in [3.63, 3.8) is 0 Å². The average Bonchev–Trinajstić information content (AvgIpc) is 2.86. The molecule has 33 heavy (non-hydrogen) atoms. The number of para-hydroxylation sites is 1. The van der Waals surface area contributed by atoms with Gasteiger partial charge in [0.25, 0.3) is 0 Å². The Morgan fingerprint density at radius 2 is 1.39 bits per heavy atom. The topological polar surface area (TPSA) is 38.0 Å². The summed E-state index contributed by atoms with van der Waals surface area (Å²) >= 11 is 0. The lowest BCUT2D eigenvalue weighted by Crippen LogP contribution is -2.34. The first-order chi connectivity index (χ1) is 16.1. The van der Waals surface area contributed by atoms with Crippen LogP contribution in [0.2, 0.25) is 0 Å². The number of nitrogens with two attached hydrogens (primary N) is 1. The van der Waals surface area contributed by atoms with Crippen molar-refractivity contribution >= 4 is 11.4 Å². The van der Waals surface area contributed by atoms with Crippen molar-refractivity contribution in [2.45, 2.75) is 18.3 Å². The first-order valence-electron chi connectivity index (χ1n) is 11.4. The summed E-state index contributed by atoms with van der Waals surface area (Å²) in [5.41, 5.74) is 13.7. The molecule has 0 aliphatic heterocycles. The molecule has 3 N–H and O–H groups in total. The summed E-state index contributed by atoms with van der Waals surface area (Å²) in [5.74, 6) is 0.0969. The summed E-state index contributed by atoms with van der Waals surface area (Å²) in [5, 5.41) is 3.60. The molecule has 0 bridgehead atoms. The van der Waals surface area contributed by atoms with Gasteiger partial charge < -0.3 is 11.1 Å². The monoisotopic (exact) mass is 428 g/mol. The molecule has 0 spiro atoms. The van der Waals surface area contributed by atoms with Gasteiger partial charge in [0.2, 0.25) is 0 Å². The molecule has 0 saturated heterocycles. The Hall–Kier alpha value is -4.04. The fourth-order valence-corrected chi connectivity index (χ4v) is 4.88. The minimum Gasteiger partial charge on any atom is -0.399 e. The third-order valence-corrected chi connectivity index (χ3v) is 6.47. The van der Waals surface area contributed by atoms with Crippen LogP contribution in [0.1, 0.15) is 28.2 Å². The Labute approximate surface area is 196 Å². The molecule has 0 saturated carbocycles. The number of aryl methyl sites for hydroxylation is 1. The van der Waals surface area contributed by atoms with Crippen molar-refractivity contribution in [1.82, 2.24) is 0 Å². The molecule has 0 heterocycles. The number of nitrogen functional groups attached to an aromatic ring is 1. The molecular formula is C31H28N2. The molecule has 162 valence electrons. The maximum atomic E-state index is 6.07. The van der Waals surface area contributed by atoms with Crippen LogP contribution in [0.25, 0.3) is 0 Å². The van der Waals surface area contributed by atoms with E-state index in [0.29, 0.717) is 0 Å². The standard InChI is InChI=1S/C31H28N2/c1-23-9-8-10-24(21-23)30-22-29(33-28-13-6-3-7-14-28)19-20-31(30,25-11-4-2-5-12-25)26-15-17-27(32)18-16-26/h2-22,30,33H,32H2,1H3. The van der Waals surface area contributed by atoms with Crippen molar-refractivity contribution in [3.05, 3.63) is 155 Å². The molecule has 5 rings (SSSR count). The molecule has 4 aromatic carbocycles. The van der Waals surface area contributed by atoms with E-state index in [0.717, 1.165) is 17.1 Å². The SMILES string of the molecule is Cc1cccc(C2C=C(Nc3ccccc3)C=CC2(c2ccccc2)c2ccc(N)cc2)c1. The second-order valence-electron chi connectivity index (χ2n) is 8.70. The van der Waals surface area contributed by atoms with Crippen LogP contribution < -0.4 is 11.1 Å². The van der Waals surface area contributed by atoms with E-state index in [9.17, 15) is 0 Å². The third kappa shape index (κ3) is 4.08. The smallest absolute Gasteiger partial charge is 0.0489 e. The lowest BCUT2D eigenvalue weighted by molar-refractivity contribution is 0.562. The van der Waals surface area contributed by atoms with Crippen LogP contribution in [0.3, 0.4) is 0 Å². The first-order valence-corrected chi connectivity index (χ1v) is 11.4. The van der Waals surface area contributed by atoms with Crippen molar-refractivity contribution < 1.29 is 0 Å². The lowest BCUT2D eigenvalue weighted by atomic mass is 9.61. The molecule has 0 radical (unpaired) electrons. The quantitative estimate of drug-likeness (QED) is 0.330. The fourth-order valence-electron chi connectivity index (χ4n) is 4.88. The Morgan fingerprint density at radius 3 is 2.09 bits per heavy atom. The second-order valence-corrected chi connectivity index (χ2v) is 8.70. The van der Waals surface area contributed by atoms with Gasteiger partial charge in [0, 0.05) is 28.4 Å². The zero-order chi connectivity index (χ0) is 22.7. The second kappa shape index (κ2) is 8.84. The third-order valence-electron chi connectivity index (χ3n) is 6.47. The summed E-state index contributed by atoms with van der Waals surface area (Å²) in [4.78, 5) is 0. The van der Waals surface area contributed by atoms with E-state index >= 15 is 0 Å². The molecule has 1 aliphatic rings. The Kier molecular flexibility index (Phi) is 5.58. The van der Waals surface area contributed by atoms with Crippen LogP contribution >= 0.6 is 0 Å². The minimum atomic E-state index is -0.357. The van der Waals surface area contributed by atoms with Crippen molar-refractivity contribution in [2.24, 2.45) is 0 Å². The van der Waals surface area contributed by atoms with E-state index in [2.05, 4.69) is 121 Å². The Bertz CT molecular complexity index is 1290. The van der Waals surface area contributed by atoms with Gasteiger partial charge in [-0.2, -0.15) is 0 Å². The van der Waals surface area contributed by atoms with Gasteiger partial charge in [-0.25, -0.2) is 0 Å². The number of nitrogens with one attached hydrogen (secondary N) is 1. The van der Waals surface area contributed by atoms with Crippen LogP contribution in [0.15, 0.2) is 133 Å². The lowest BCUT2D eigenvalue weighted by Gasteiger charge is -2.41. The predicted molar refractivity (Wildman–Crippen MR) is 139 cm³/mol. The molecule has 2 unspecified atom stereocenters. The van der Waals surface area contributed by atoms with Gasteiger partial charge >= 0.3 is 0 Å². The normalized spacial score (nSPS) is 19.7. The van der Waals surface area contributed by atoms with Crippen LogP contribution in [-0.4, -0.2) is 0 Å². The number of benzene rings is 4. The van der Waals surface area contributed by atoms with Crippen LogP contribution in [0.5, 0.6) is 0 Å². The molecule has 2 nitrogen and oxygen atoms in total. The summed E-state index contributed by atoms with van der Waals surface area (Å²) in [7, 11) is 0. The summed E-state index contributed by atoms with van der Waals surface area (Å²) in [6, 6.07) is 38.3. The number of rotatable bonds is 5. The molecule has 2 heteroatoms. The van der Waals surface area contributed by atoms with E-state index < -0.39 is 0 Å². The summed E-state index contributed by atoms with van der Waals surface area (Å²) in [6.45, 7) is 2.16. The van der Waals surface area contributed by atoms with E-state index in [1.165, 1.54) is 22.3 Å². The van der Waals surface area contributed by atoms with Gasteiger partial charge in [0.1, 0.15) is 0 Å². The highest BCUT2D eigenvalue weighted by Crippen LogP contribution is 2.49. The molecule has 2 atom stereocenters. The van der Waals surface area contributed by atoms with Crippen molar-refractivity contribution in [3.8, 4) is 0 Å². The largest absolute Gasteiger partial charge is 0.399 e. The molecular weight excluding hydrogens is 400 g/mol. The van der Waals surface area contributed by atoms with E-state index in [1.807, 2.05) is 18.2 Å². The highest BCUT2D eigenvalue weighted by molar-refractivity contribution is 5.60. The van der Waals surface area contributed by atoms with E-state index in [-0.39, 0.29) is 11.3 Å². The van der Waals surface area contributed by atoms with Gasteiger partial charge in [-0.3, -0.25) is 0 Å². The first kappa shape index (κ1) is 20.8. The molecule has 0 aromatic heterocycles. The van der Waals surface area contributed by atoms with E-state index in [1.54, 1.807) is 0 Å². The van der Waals surface area contributed by atoms with Crippen molar-refractivity contribution in [2.75, 3.05) is 11.1 Å². The zero-order valence-corrected chi connectivity index (χ0v) is 18.8. The fraction of sp³-hybridized carbons (Fsp3) is 0.0968. The van der Waals surface area contributed by atoms with Crippen molar-refractivity contribution in [1.29, 1.82) is 0 Å². The number of allylic oxidation sites excluding steroid dienone is 3. The summed E-state index contributed by atoms with van der Waals surface area (Å²) in [6.07, 6.45) is 6.93. The number of hydrogen-bond donors (Lipinski definition) is 2. The minimum absolute atomic E-state index is 0.0969.